The Labute approximate surface area is 464 Å². The molecule has 0 aliphatic heterocycles. The molecule has 8 nitrogen and oxygen atoms in total. The molecular weight excluding hydrogens is 965 g/mol. The summed E-state index contributed by atoms with van der Waals surface area (Å²) in [5, 5.41) is 2.17. The maximum atomic E-state index is 5.64. The number of fused-ring (bicyclic) bond motifs is 6. The number of para-hydroxylation sites is 2. The molecule has 0 bridgehead atoms. The zero-order valence-electron chi connectivity index (χ0n) is 47.6. The first-order chi connectivity index (χ1) is 37.7. The molecule has 392 valence electrons. The summed E-state index contributed by atoms with van der Waals surface area (Å²) in [7, 11) is 0. The third kappa shape index (κ3) is 9.33. The summed E-state index contributed by atoms with van der Waals surface area (Å²) in [6, 6.07) is 69.4. The second-order valence-electron chi connectivity index (χ2n) is 25.2. The quantitative estimate of drug-likeness (QED) is 0.151. The topological polar surface area (TPSA) is 77.5 Å². The fraction of sp³-hybridized carbons (Fsp3) is 0.225. The monoisotopic (exact) mass is 1030 g/mol. The third-order valence-corrected chi connectivity index (χ3v) is 15.2. The van der Waals surface area contributed by atoms with Gasteiger partial charge in [0, 0.05) is 61.1 Å². The van der Waals surface area contributed by atoms with Crippen molar-refractivity contribution in [2.24, 2.45) is 0 Å². The summed E-state index contributed by atoms with van der Waals surface area (Å²) in [4.78, 5) is 29.8. The Morgan fingerprint density at radius 2 is 0.658 bits per heavy atom. The second kappa shape index (κ2) is 19.0. The molecule has 0 atom stereocenters. The molecule has 79 heavy (non-hydrogen) atoms. The van der Waals surface area contributed by atoms with E-state index in [0.717, 1.165) is 100 Å². The van der Waals surface area contributed by atoms with Crippen LogP contribution in [0.3, 0.4) is 0 Å². The van der Waals surface area contributed by atoms with Crippen LogP contribution in [0.15, 0.2) is 194 Å². The van der Waals surface area contributed by atoms with E-state index in [0.29, 0.717) is 17.5 Å². The predicted molar refractivity (Wildman–Crippen MR) is 330 cm³/mol. The van der Waals surface area contributed by atoms with E-state index in [1.807, 2.05) is 36.4 Å². The van der Waals surface area contributed by atoms with Crippen molar-refractivity contribution < 1.29 is 0 Å². The zero-order valence-corrected chi connectivity index (χ0v) is 47.6. The fourth-order valence-corrected chi connectivity index (χ4v) is 10.9. The van der Waals surface area contributed by atoms with Crippen molar-refractivity contribution in [3.8, 4) is 45.5 Å². The van der Waals surface area contributed by atoms with Crippen LogP contribution in [0.1, 0.15) is 106 Å². The van der Waals surface area contributed by atoms with E-state index < -0.39 is 0 Å². The minimum atomic E-state index is -0.199. The average Bonchev–Trinajstić information content (AvgIpc) is 3.33. The molecule has 0 radical (unpaired) electrons. The van der Waals surface area contributed by atoms with Crippen molar-refractivity contribution in [3.63, 3.8) is 0 Å². The second-order valence-corrected chi connectivity index (χ2v) is 25.2. The Morgan fingerprint density at radius 1 is 0.316 bits per heavy atom. The maximum absolute atomic E-state index is 5.64. The molecule has 0 aliphatic carbocycles. The highest BCUT2D eigenvalue weighted by Crippen LogP contribution is 2.49. The summed E-state index contributed by atoms with van der Waals surface area (Å²) in [6.07, 6.45) is 0. The number of benzene rings is 7. The van der Waals surface area contributed by atoms with Crippen LogP contribution >= 0.6 is 0 Å². The van der Waals surface area contributed by atoms with Crippen LogP contribution in [0.4, 0.5) is 17.1 Å². The van der Waals surface area contributed by atoms with Crippen molar-refractivity contribution in [3.05, 3.63) is 217 Å². The van der Waals surface area contributed by atoms with Gasteiger partial charge in [-0.25, -0.2) is 24.9 Å². The zero-order chi connectivity index (χ0) is 55.2. The van der Waals surface area contributed by atoms with Gasteiger partial charge in [-0.1, -0.05) is 192 Å². The molecule has 0 amide bonds. The summed E-state index contributed by atoms with van der Waals surface area (Å²) in [5.74, 6) is 1.71. The Kier molecular flexibility index (Phi) is 12.3. The first-order valence-electron chi connectivity index (χ1n) is 27.6. The predicted octanol–water partition coefficient (Wildman–Crippen LogP) is 18.5. The van der Waals surface area contributed by atoms with Crippen molar-refractivity contribution in [1.82, 2.24) is 34.1 Å². The third-order valence-electron chi connectivity index (χ3n) is 15.2. The van der Waals surface area contributed by atoms with E-state index in [2.05, 4.69) is 255 Å². The van der Waals surface area contributed by atoms with E-state index in [1.54, 1.807) is 0 Å². The maximum Gasteiger partial charge on any atom is 0.164 e. The van der Waals surface area contributed by atoms with E-state index in [4.69, 9.17) is 24.9 Å². The molecule has 5 aromatic heterocycles. The average molecular weight is 1030 g/mol. The molecular formula is C71H68N8. The molecule has 0 spiro atoms. The largest absolute Gasteiger partial charge is 0.307 e. The Hall–Kier alpha value is -8.75. The molecule has 0 unspecified atom stereocenters. The molecule has 12 aromatic rings. The van der Waals surface area contributed by atoms with E-state index in [9.17, 15) is 0 Å². The number of hydrogen-bond acceptors (Lipinski definition) is 6. The van der Waals surface area contributed by atoms with Crippen molar-refractivity contribution in [1.29, 1.82) is 0 Å². The summed E-state index contributed by atoms with van der Waals surface area (Å²) < 4.78 is 4.88. The molecule has 0 N–H and O–H groups in total. The van der Waals surface area contributed by atoms with Gasteiger partial charge in [0.2, 0.25) is 0 Å². The summed E-state index contributed by atoms with van der Waals surface area (Å²) >= 11 is 0. The molecule has 12 rings (SSSR count). The molecule has 0 saturated carbocycles. The highest BCUT2D eigenvalue weighted by Gasteiger charge is 2.31. The van der Waals surface area contributed by atoms with Crippen LogP contribution in [0, 0.1) is 0 Å². The van der Waals surface area contributed by atoms with Crippen LogP contribution < -0.4 is 4.90 Å². The number of pyridine rings is 2. The molecule has 5 heterocycles. The van der Waals surface area contributed by atoms with Crippen LogP contribution in [0.5, 0.6) is 0 Å². The number of aromatic nitrogens is 7. The first kappa shape index (κ1) is 51.0. The lowest BCUT2D eigenvalue weighted by Crippen LogP contribution is -2.17. The van der Waals surface area contributed by atoms with Crippen molar-refractivity contribution in [2.75, 3.05) is 4.90 Å². The Bertz CT molecular complexity index is 3850. The Morgan fingerprint density at radius 3 is 1.01 bits per heavy atom. The summed E-state index contributed by atoms with van der Waals surface area (Å²) in [6.45, 7) is 27.1. The van der Waals surface area contributed by atoms with Crippen molar-refractivity contribution in [2.45, 2.75) is 105 Å². The van der Waals surface area contributed by atoms with Crippen molar-refractivity contribution >= 4 is 60.9 Å². The van der Waals surface area contributed by atoms with Gasteiger partial charge in [0.05, 0.1) is 50.2 Å². The minimum absolute atomic E-state index is 0.115. The lowest BCUT2D eigenvalue weighted by Gasteiger charge is -2.31. The first-order valence-corrected chi connectivity index (χ1v) is 27.6. The molecule has 0 fully saturated rings. The van der Waals surface area contributed by atoms with Gasteiger partial charge in [-0.15, -0.1) is 0 Å². The minimum Gasteiger partial charge on any atom is -0.307 e. The Balaban J connectivity index is 1.33. The van der Waals surface area contributed by atoms with Gasteiger partial charge in [-0.3, -0.25) is 0 Å². The van der Waals surface area contributed by atoms with Crippen LogP contribution in [0.2, 0.25) is 0 Å². The number of rotatable bonds is 8. The number of anilines is 3. The molecule has 7 aromatic carbocycles. The van der Waals surface area contributed by atoms with Gasteiger partial charge in [0.15, 0.2) is 17.5 Å². The van der Waals surface area contributed by atoms with Gasteiger partial charge in [-0.05, 0) is 107 Å². The van der Waals surface area contributed by atoms with Gasteiger partial charge < -0.3 is 14.0 Å². The van der Waals surface area contributed by atoms with E-state index in [1.165, 1.54) is 11.1 Å². The molecule has 0 saturated heterocycles. The van der Waals surface area contributed by atoms with Crippen LogP contribution in [0.25, 0.3) is 89.4 Å². The van der Waals surface area contributed by atoms with Gasteiger partial charge in [0.1, 0.15) is 0 Å². The highest BCUT2D eigenvalue weighted by atomic mass is 15.2. The molecule has 0 aliphatic rings. The summed E-state index contributed by atoms with van der Waals surface area (Å²) in [5.41, 5.74) is 17.2. The normalized spacial score (nSPS) is 12.6. The van der Waals surface area contributed by atoms with Gasteiger partial charge in [-0.2, -0.15) is 0 Å². The standard InChI is InChI=1S/C71H68N8/c1-68(2,3)48-33-35-54-52(43-48)62-56(37-39-60(72-62)70(7,8)9)78(54)58-41-47(67-75-65(45-25-17-13-18-26-45)74-66(76-67)46-27-19-14-20-28-46)42-59(64(58)77(50-29-21-15-22-30-50)51-31-23-16-24-32-51)79-55-36-34-49(69(4,5)6)44-53(55)63-57(79)38-40-61(73-63)71(10,11)12/h13-44H,1-12H3. The lowest BCUT2D eigenvalue weighted by molar-refractivity contribution is 0.571. The van der Waals surface area contributed by atoms with E-state index >= 15 is 0 Å². The van der Waals surface area contributed by atoms with Gasteiger partial charge in [0.25, 0.3) is 0 Å². The van der Waals surface area contributed by atoms with E-state index in [-0.39, 0.29) is 21.7 Å². The smallest absolute Gasteiger partial charge is 0.164 e. The van der Waals surface area contributed by atoms with Crippen LogP contribution in [-0.4, -0.2) is 34.1 Å². The number of hydrogen-bond donors (Lipinski definition) is 0. The highest BCUT2D eigenvalue weighted by molar-refractivity contribution is 6.11. The SMILES string of the molecule is CC(C)(C)c1ccc2c(c1)c1nc(C(C)(C)C)ccc1n2-c1cc(-c2nc(-c3ccccc3)nc(-c3ccccc3)n2)cc(-n2c3ccc(C(C)(C)C)cc3c3nc(C(C)(C)C)ccc32)c1N(c1ccccc1)c1ccccc1. The lowest BCUT2D eigenvalue weighted by atomic mass is 9.86. The fourth-order valence-electron chi connectivity index (χ4n) is 10.9. The van der Waals surface area contributed by atoms with Gasteiger partial charge >= 0.3 is 0 Å². The number of nitrogens with zero attached hydrogens (tertiary/aromatic N) is 8. The van der Waals surface area contributed by atoms with Crippen LogP contribution in [-0.2, 0) is 21.7 Å². The molecule has 8 heteroatoms.